The summed E-state index contributed by atoms with van der Waals surface area (Å²) < 4.78 is 0. The Bertz CT molecular complexity index is 361. The number of benzene rings is 1. The number of hydrogen-bond donors (Lipinski definition) is 1. The third-order valence-electron chi connectivity index (χ3n) is 3.61. The Balaban J connectivity index is 2.24. The molecule has 1 saturated heterocycles. The molecule has 1 aromatic carbocycles. The van der Waals surface area contributed by atoms with Crippen molar-refractivity contribution in [2.75, 3.05) is 23.5 Å². The fourth-order valence-corrected chi connectivity index (χ4v) is 3.63. The Morgan fingerprint density at radius 1 is 1.47 bits per heavy atom. The van der Waals surface area contributed by atoms with Crippen LogP contribution in [0.3, 0.4) is 0 Å². The molecule has 2 rings (SSSR count). The molecule has 2 atom stereocenters. The predicted octanol–water partition coefficient (Wildman–Crippen LogP) is 3.04. The molecule has 0 aromatic heterocycles. The smallest absolute Gasteiger partial charge is 0.0414 e. The van der Waals surface area contributed by atoms with Gasteiger partial charge in [-0.05, 0) is 30.2 Å². The van der Waals surface area contributed by atoms with Crippen molar-refractivity contribution in [2.45, 2.75) is 31.8 Å². The summed E-state index contributed by atoms with van der Waals surface area (Å²) in [4.78, 5) is 2.42. The molecule has 0 bridgehead atoms. The fraction of sp³-hybridized carbons (Fsp3) is 0.571. The maximum Gasteiger partial charge on any atom is 0.0414 e. The molecule has 1 aliphatic rings. The van der Waals surface area contributed by atoms with Gasteiger partial charge in [-0.1, -0.05) is 25.1 Å². The number of anilines is 1. The fourth-order valence-electron chi connectivity index (χ4n) is 2.37. The van der Waals surface area contributed by atoms with Gasteiger partial charge >= 0.3 is 0 Å². The van der Waals surface area contributed by atoms with Crippen LogP contribution in [0, 0.1) is 0 Å². The second-order valence-corrected chi connectivity index (χ2v) is 5.85. The van der Waals surface area contributed by atoms with Crippen molar-refractivity contribution in [1.29, 1.82) is 0 Å². The lowest BCUT2D eigenvalue weighted by Crippen LogP contribution is -2.32. The van der Waals surface area contributed by atoms with E-state index in [4.69, 9.17) is 5.73 Å². The standard InChI is InChI=1S/C14H22N2S/c1-3-13(15)12-6-4-5-7-14(12)16(2)11-8-9-17-10-11/h4-7,11,13H,3,8-10,15H2,1-2H3/t11?,13-/m0/s1. The monoisotopic (exact) mass is 250 g/mol. The third kappa shape index (κ3) is 2.78. The van der Waals surface area contributed by atoms with E-state index in [0.29, 0.717) is 6.04 Å². The number of nitrogens with zero attached hydrogens (tertiary/aromatic N) is 1. The molecular formula is C14H22N2S. The van der Waals surface area contributed by atoms with Crippen LogP contribution in [-0.4, -0.2) is 24.6 Å². The van der Waals surface area contributed by atoms with E-state index in [0.717, 1.165) is 6.42 Å². The number of nitrogens with two attached hydrogens (primary N) is 1. The highest BCUT2D eigenvalue weighted by molar-refractivity contribution is 7.99. The Morgan fingerprint density at radius 2 is 2.24 bits per heavy atom. The molecule has 0 spiro atoms. The summed E-state index contributed by atoms with van der Waals surface area (Å²) in [7, 11) is 2.21. The first kappa shape index (κ1) is 12.8. The Labute approximate surface area is 109 Å². The average Bonchev–Trinajstić information content (AvgIpc) is 2.91. The van der Waals surface area contributed by atoms with E-state index in [1.54, 1.807) is 0 Å². The third-order valence-corrected chi connectivity index (χ3v) is 4.75. The molecule has 1 aromatic rings. The van der Waals surface area contributed by atoms with E-state index < -0.39 is 0 Å². The molecule has 94 valence electrons. The van der Waals surface area contributed by atoms with Gasteiger partial charge in [0.1, 0.15) is 0 Å². The van der Waals surface area contributed by atoms with Crippen molar-refractivity contribution in [3.63, 3.8) is 0 Å². The molecule has 2 nitrogen and oxygen atoms in total. The van der Waals surface area contributed by atoms with Gasteiger partial charge in [0.2, 0.25) is 0 Å². The molecule has 1 heterocycles. The van der Waals surface area contributed by atoms with Gasteiger partial charge in [-0.25, -0.2) is 0 Å². The molecule has 1 aliphatic heterocycles. The first-order valence-corrected chi connectivity index (χ1v) is 7.54. The summed E-state index contributed by atoms with van der Waals surface area (Å²) >= 11 is 2.05. The second kappa shape index (κ2) is 5.78. The van der Waals surface area contributed by atoms with Crippen molar-refractivity contribution < 1.29 is 0 Å². The van der Waals surface area contributed by atoms with Gasteiger partial charge in [0.25, 0.3) is 0 Å². The van der Waals surface area contributed by atoms with Gasteiger partial charge < -0.3 is 10.6 Å². The lowest BCUT2D eigenvalue weighted by atomic mass is 10.0. The summed E-state index contributed by atoms with van der Waals surface area (Å²) in [6, 6.07) is 9.40. The normalized spacial score (nSPS) is 21.5. The summed E-state index contributed by atoms with van der Waals surface area (Å²) in [5.41, 5.74) is 8.80. The minimum absolute atomic E-state index is 0.155. The molecule has 17 heavy (non-hydrogen) atoms. The van der Waals surface area contributed by atoms with Crippen molar-refractivity contribution >= 4 is 17.4 Å². The molecule has 0 amide bonds. The van der Waals surface area contributed by atoms with Gasteiger partial charge in [-0.2, -0.15) is 11.8 Å². The molecule has 1 fully saturated rings. The van der Waals surface area contributed by atoms with Crippen LogP contribution >= 0.6 is 11.8 Å². The van der Waals surface area contributed by atoms with E-state index in [1.165, 1.54) is 29.2 Å². The zero-order chi connectivity index (χ0) is 12.3. The van der Waals surface area contributed by atoms with Crippen molar-refractivity contribution in [1.82, 2.24) is 0 Å². The minimum Gasteiger partial charge on any atom is -0.370 e. The molecule has 0 radical (unpaired) electrons. The van der Waals surface area contributed by atoms with Crippen LogP contribution in [0.4, 0.5) is 5.69 Å². The first-order valence-electron chi connectivity index (χ1n) is 6.39. The summed E-state index contributed by atoms with van der Waals surface area (Å²) in [6.07, 6.45) is 2.28. The average molecular weight is 250 g/mol. The summed E-state index contributed by atoms with van der Waals surface area (Å²) in [6.45, 7) is 2.15. The highest BCUT2D eigenvalue weighted by Crippen LogP contribution is 2.31. The second-order valence-electron chi connectivity index (χ2n) is 4.70. The minimum atomic E-state index is 0.155. The number of thioether (sulfide) groups is 1. The number of para-hydroxylation sites is 1. The van der Waals surface area contributed by atoms with E-state index in [-0.39, 0.29) is 6.04 Å². The highest BCUT2D eigenvalue weighted by atomic mass is 32.2. The van der Waals surface area contributed by atoms with Crippen molar-refractivity contribution in [3.8, 4) is 0 Å². The van der Waals surface area contributed by atoms with Crippen LogP contribution in [-0.2, 0) is 0 Å². The van der Waals surface area contributed by atoms with Crippen LogP contribution in [0.5, 0.6) is 0 Å². The zero-order valence-corrected chi connectivity index (χ0v) is 11.5. The van der Waals surface area contributed by atoms with E-state index >= 15 is 0 Å². The zero-order valence-electron chi connectivity index (χ0n) is 10.7. The highest BCUT2D eigenvalue weighted by Gasteiger charge is 2.22. The Morgan fingerprint density at radius 3 is 2.88 bits per heavy atom. The summed E-state index contributed by atoms with van der Waals surface area (Å²) in [5, 5.41) is 0. The van der Waals surface area contributed by atoms with Crippen LogP contribution in [0.1, 0.15) is 31.4 Å². The quantitative estimate of drug-likeness (QED) is 0.890. The lowest BCUT2D eigenvalue weighted by molar-refractivity contribution is 0.667. The van der Waals surface area contributed by atoms with Crippen LogP contribution in [0.25, 0.3) is 0 Å². The molecule has 0 aliphatic carbocycles. The van der Waals surface area contributed by atoms with Crippen molar-refractivity contribution in [3.05, 3.63) is 29.8 Å². The molecule has 2 N–H and O–H groups in total. The van der Waals surface area contributed by atoms with Crippen molar-refractivity contribution in [2.24, 2.45) is 5.73 Å². The first-order chi connectivity index (χ1) is 8.24. The predicted molar refractivity (Wildman–Crippen MR) is 77.8 cm³/mol. The van der Waals surface area contributed by atoms with Gasteiger partial charge in [0.05, 0.1) is 0 Å². The lowest BCUT2D eigenvalue weighted by Gasteiger charge is -2.29. The van der Waals surface area contributed by atoms with Crippen LogP contribution < -0.4 is 10.6 Å². The Kier molecular flexibility index (Phi) is 4.35. The number of hydrogen-bond acceptors (Lipinski definition) is 3. The topological polar surface area (TPSA) is 29.3 Å². The van der Waals surface area contributed by atoms with Gasteiger partial charge in [0.15, 0.2) is 0 Å². The molecule has 0 saturated carbocycles. The van der Waals surface area contributed by atoms with E-state index in [9.17, 15) is 0 Å². The van der Waals surface area contributed by atoms with E-state index in [2.05, 4.69) is 54.9 Å². The molecular weight excluding hydrogens is 228 g/mol. The van der Waals surface area contributed by atoms with E-state index in [1.807, 2.05) is 0 Å². The van der Waals surface area contributed by atoms with Gasteiger partial charge in [-0.15, -0.1) is 0 Å². The van der Waals surface area contributed by atoms with Gasteiger partial charge in [-0.3, -0.25) is 0 Å². The van der Waals surface area contributed by atoms with Crippen LogP contribution in [0.15, 0.2) is 24.3 Å². The Hall–Kier alpha value is -0.670. The van der Waals surface area contributed by atoms with Crippen LogP contribution in [0.2, 0.25) is 0 Å². The SMILES string of the molecule is CC[C@H](N)c1ccccc1N(C)C1CCSC1. The number of rotatable bonds is 4. The van der Waals surface area contributed by atoms with Gasteiger partial charge in [0, 0.05) is 30.6 Å². The molecule has 1 unspecified atom stereocenters. The molecule has 3 heteroatoms. The largest absolute Gasteiger partial charge is 0.370 e. The maximum absolute atomic E-state index is 6.20. The summed E-state index contributed by atoms with van der Waals surface area (Å²) in [5.74, 6) is 2.53. The maximum atomic E-state index is 6.20.